The van der Waals surface area contributed by atoms with E-state index in [9.17, 15) is 40.5 Å². The van der Waals surface area contributed by atoms with E-state index in [0.717, 1.165) is 34.4 Å². The Balaban J connectivity index is 1.66. The van der Waals surface area contributed by atoms with E-state index in [1.165, 1.54) is 30.3 Å². The zero-order valence-electron chi connectivity index (χ0n) is 35.3. The fraction of sp³-hybridized carbons (Fsp3) is 0.280. The van der Waals surface area contributed by atoms with Gasteiger partial charge in [0.25, 0.3) is 0 Å². The topological polar surface area (TPSA) is 198 Å². The molecule has 11 heteroatoms. The first kappa shape index (κ1) is 43.7. The zero-order valence-corrected chi connectivity index (χ0v) is 35.3. The van der Waals surface area contributed by atoms with Crippen LogP contribution in [0.25, 0.3) is 22.3 Å². The van der Waals surface area contributed by atoms with Gasteiger partial charge in [0.1, 0.15) is 69.3 Å². The highest BCUT2D eigenvalue weighted by molar-refractivity contribution is 6.03. The van der Waals surface area contributed by atoms with E-state index in [4.69, 9.17) is 9.15 Å². The molecule has 0 saturated heterocycles. The van der Waals surface area contributed by atoms with E-state index in [1.807, 2.05) is 54.5 Å². The number of benzene rings is 4. The summed E-state index contributed by atoms with van der Waals surface area (Å²) < 4.78 is 12.5. The summed E-state index contributed by atoms with van der Waals surface area (Å²) >= 11 is 0. The molecule has 3 unspecified atom stereocenters. The molecule has 1 aliphatic carbocycles. The van der Waals surface area contributed by atoms with Crippen LogP contribution in [0.5, 0.6) is 46.0 Å². The highest BCUT2D eigenvalue weighted by Gasteiger charge is 2.44. The highest BCUT2D eigenvalue weighted by Crippen LogP contribution is 2.54. The molecule has 0 bridgehead atoms. The summed E-state index contributed by atoms with van der Waals surface area (Å²) in [6, 6.07) is 12.3. The summed E-state index contributed by atoms with van der Waals surface area (Å²) in [4.78, 5) is 30.0. The molecule has 11 nitrogen and oxygen atoms in total. The van der Waals surface area contributed by atoms with E-state index in [0.29, 0.717) is 11.3 Å². The molecule has 3 atom stereocenters. The summed E-state index contributed by atoms with van der Waals surface area (Å²) in [7, 11) is 0. The molecule has 4 aromatic carbocycles. The second kappa shape index (κ2) is 17.8. The van der Waals surface area contributed by atoms with Gasteiger partial charge in [0, 0.05) is 52.6 Å². The Kier molecular flexibility index (Phi) is 12.7. The third kappa shape index (κ3) is 9.01. The first-order chi connectivity index (χ1) is 28.9. The van der Waals surface area contributed by atoms with Crippen LogP contribution >= 0.6 is 0 Å². The number of hydrogen-bond acceptors (Lipinski definition) is 11. The maximum atomic E-state index is 15.2. The molecule has 0 aliphatic heterocycles. The van der Waals surface area contributed by atoms with Crippen molar-refractivity contribution in [1.29, 1.82) is 0 Å². The van der Waals surface area contributed by atoms with Gasteiger partial charge in [-0.25, -0.2) is 0 Å². The number of Topliss-reactive ketones (excluding diaryl/α,β-unsaturated/α-hetero) is 1. The minimum absolute atomic E-state index is 0.0372. The smallest absolute Gasteiger partial charge is 0.200 e. The van der Waals surface area contributed by atoms with Gasteiger partial charge in [-0.1, -0.05) is 46.6 Å². The summed E-state index contributed by atoms with van der Waals surface area (Å²) in [5, 5.41) is 78.4. The fourth-order valence-corrected chi connectivity index (χ4v) is 7.99. The number of phenols is 7. The summed E-state index contributed by atoms with van der Waals surface area (Å²) in [6.45, 7) is 13.4. The lowest BCUT2D eigenvalue weighted by atomic mass is 9.65. The Morgan fingerprint density at radius 3 is 2.05 bits per heavy atom. The van der Waals surface area contributed by atoms with Crippen molar-refractivity contribution in [2.75, 3.05) is 6.61 Å². The number of ether oxygens (including phenoxy) is 1. The van der Waals surface area contributed by atoms with Crippen LogP contribution in [-0.2, 0) is 12.8 Å². The fourth-order valence-electron chi connectivity index (χ4n) is 7.99. The number of carbonyl (C=O) groups is 1. The van der Waals surface area contributed by atoms with Gasteiger partial charge in [-0.05, 0) is 110 Å². The second-order valence-corrected chi connectivity index (χ2v) is 16.5. The Morgan fingerprint density at radius 2 is 1.41 bits per heavy atom. The third-order valence-electron chi connectivity index (χ3n) is 11.0. The van der Waals surface area contributed by atoms with E-state index in [-0.39, 0.29) is 93.4 Å². The molecular formula is C50H52O11. The van der Waals surface area contributed by atoms with Crippen molar-refractivity contribution in [3.05, 3.63) is 139 Å². The van der Waals surface area contributed by atoms with Crippen molar-refractivity contribution in [3.8, 4) is 57.3 Å². The number of carbonyl (C=O) groups excluding carboxylic acids is 1. The SMILES string of the molecule is CC(C)=CCOc1ccc(-c2oc3c(C4C=C(C)CC(c5ccc(O)cc5O)C4C(=O)c4ccc(O)c(CC=C(C)C)c4O)c(O)cc(O)c3c(=O)c2CC=C(C)C)c(O)c1. The molecule has 0 saturated carbocycles. The molecule has 5 aromatic rings. The van der Waals surface area contributed by atoms with Crippen LogP contribution in [0.1, 0.15) is 99.3 Å². The Morgan fingerprint density at radius 1 is 0.738 bits per heavy atom. The van der Waals surface area contributed by atoms with E-state index in [1.54, 1.807) is 30.4 Å². The number of fused-ring (bicyclic) bond motifs is 1. The summed E-state index contributed by atoms with van der Waals surface area (Å²) in [6.07, 6.45) is 7.64. The van der Waals surface area contributed by atoms with Crippen LogP contribution in [0, 0.1) is 5.92 Å². The third-order valence-corrected chi connectivity index (χ3v) is 11.0. The van der Waals surface area contributed by atoms with Crippen molar-refractivity contribution < 1.29 is 49.7 Å². The van der Waals surface area contributed by atoms with Crippen LogP contribution in [-0.4, -0.2) is 48.1 Å². The number of hydrogen-bond donors (Lipinski definition) is 7. The normalized spacial score (nSPS) is 16.1. The Hall–Kier alpha value is -6.88. The van der Waals surface area contributed by atoms with Gasteiger partial charge in [-0.15, -0.1) is 0 Å². The molecule has 0 spiro atoms. The van der Waals surface area contributed by atoms with Gasteiger partial charge < -0.3 is 44.9 Å². The van der Waals surface area contributed by atoms with Crippen molar-refractivity contribution in [1.82, 2.24) is 0 Å². The van der Waals surface area contributed by atoms with Crippen LogP contribution in [0.15, 0.2) is 110 Å². The molecule has 318 valence electrons. The molecule has 0 fully saturated rings. The standard InChI is InChI=1S/C50H52O11/c1-25(2)8-12-32-38(52)17-16-34(46(32)57)47(58)43-36(31-14-10-29(51)22-39(31)53)20-28(7)21-37(43)44-41(55)24-42(56)45-48(59)35(13-9-26(3)4)49(61-50(44)45)33-15-11-30(23-40(33)54)60-19-18-27(5)6/h8-11,14-18,21-24,36-37,43,51-57H,12-13,19-20H2,1-7H3. The van der Waals surface area contributed by atoms with Crippen molar-refractivity contribution in [2.45, 2.75) is 79.6 Å². The summed E-state index contributed by atoms with van der Waals surface area (Å²) in [5.74, 6) is -6.01. The molecule has 61 heavy (non-hydrogen) atoms. The average Bonchev–Trinajstić information content (AvgIpc) is 3.16. The first-order valence-corrected chi connectivity index (χ1v) is 20.1. The number of phenolic OH excluding ortho intramolecular Hbond substituents is 7. The van der Waals surface area contributed by atoms with Crippen LogP contribution in [0.4, 0.5) is 0 Å². The average molecular weight is 829 g/mol. The van der Waals surface area contributed by atoms with Gasteiger partial charge in [-0.2, -0.15) is 0 Å². The van der Waals surface area contributed by atoms with Crippen molar-refractivity contribution in [3.63, 3.8) is 0 Å². The van der Waals surface area contributed by atoms with Gasteiger partial charge in [0.15, 0.2) is 5.78 Å². The lowest BCUT2D eigenvalue weighted by Gasteiger charge is -2.37. The minimum Gasteiger partial charge on any atom is -0.508 e. The molecule has 1 heterocycles. The molecule has 0 amide bonds. The number of allylic oxidation sites excluding steroid dienone is 7. The molecule has 0 radical (unpaired) electrons. The molecular weight excluding hydrogens is 777 g/mol. The van der Waals surface area contributed by atoms with Gasteiger partial charge in [0.2, 0.25) is 5.43 Å². The van der Waals surface area contributed by atoms with Crippen molar-refractivity contribution in [2.24, 2.45) is 5.92 Å². The molecule has 6 rings (SSSR count). The van der Waals surface area contributed by atoms with Gasteiger partial charge in [-0.3, -0.25) is 9.59 Å². The molecule has 1 aromatic heterocycles. The van der Waals surface area contributed by atoms with Crippen LogP contribution in [0.3, 0.4) is 0 Å². The number of aromatic hydroxyl groups is 7. The Labute approximate surface area is 354 Å². The van der Waals surface area contributed by atoms with Crippen LogP contribution in [0.2, 0.25) is 0 Å². The van der Waals surface area contributed by atoms with E-state index in [2.05, 4.69) is 0 Å². The quantitative estimate of drug-likeness (QED) is 0.0466. The number of ketones is 1. The second-order valence-electron chi connectivity index (χ2n) is 16.5. The number of rotatable bonds is 12. The molecule has 7 N–H and O–H groups in total. The molecule has 1 aliphatic rings. The first-order valence-electron chi connectivity index (χ1n) is 20.1. The maximum Gasteiger partial charge on any atom is 0.200 e. The predicted molar refractivity (Wildman–Crippen MR) is 235 cm³/mol. The van der Waals surface area contributed by atoms with Gasteiger partial charge >= 0.3 is 0 Å². The summed E-state index contributed by atoms with van der Waals surface area (Å²) in [5.41, 5.74) is 3.20. The predicted octanol–water partition coefficient (Wildman–Crippen LogP) is 10.5. The minimum atomic E-state index is -1.23. The van der Waals surface area contributed by atoms with E-state index < -0.39 is 46.2 Å². The van der Waals surface area contributed by atoms with Gasteiger partial charge in [0.05, 0.1) is 11.1 Å². The maximum absolute atomic E-state index is 15.2. The van der Waals surface area contributed by atoms with Crippen molar-refractivity contribution >= 4 is 16.8 Å². The van der Waals surface area contributed by atoms with Crippen LogP contribution < -0.4 is 10.2 Å². The largest absolute Gasteiger partial charge is 0.508 e. The monoisotopic (exact) mass is 828 g/mol. The lowest BCUT2D eigenvalue weighted by Crippen LogP contribution is -2.32. The lowest BCUT2D eigenvalue weighted by molar-refractivity contribution is 0.0877. The zero-order chi connectivity index (χ0) is 44.4. The highest BCUT2D eigenvalue weighted by atomic mass is 16.5. The van der Waals surface area contributed by atoms with E-state index >= 15 is 4.79 Å². The Bertz CT molecular complexity index is 2720.